The first-order valence-corrected chi connectivity index (χ1v) is 10.5. The first-order valence-electron chi connectivity index (χ1n) is 10.5. The van der Waals surface area contributed by atoms with Gasteiger partial charge in [-0.05, 0) is 70.1 Å². The number of halogens is 2. The van der Waals surface area contributed by atoms with Gasteiger partial charge in [-0.1, -0.05) is 12.8 Å². The largest absolute Gasteiger partial charge is 0.491 e. The maximum absolute atomic E-state index is 12.9. The van der Waals surface area contributed by atoms with Crippen molar-refractivity contribution in [2.45, 2.75) is 45.1 Å². The van der Waals surface area contributed by atoms with Gasteiger partial charge < -0.3 is 25.4 Å². The minimum Gasteiger partial charge on any atom is -0.491 e. The van der Waals surface area contributed by atoms with Gasteiger partial charge in [0.25, 0.3) is 0 Å². The molecule has 1 saturated heterocycles. The van der Waals surface area contributed by atoms with Crippen LogP contribution in [-0.2, 0) is 0 Å². The summed E-state index contributed by atoms with van der Waals surface area (Å²) in [5, 5.41) is 16.6. The normalized spacial score (nSPS) is 16.4. The molecule has 166 valence electrons. The molecule has 0 aliphatic carbocycles. The summed E-state index contributed by atoms with van der Waals surface area (Å²) in [5.74, 6) is 0.928. The van der Waals surface area contributed by atoms with Crippen molar-refractivity contribution >= 4 is 29.9 Å². The summed E-state index contributed by atoms with van der Waals surface area (Å²) >= 11 is 0. The Bertz CT molecular complexity index is 566. The lowest BCUT2D eigenvalue weighted by atomic mass is 10.2. The Kier molecular flexibility index (Phi) is 14.0. The number of aliphatic hydroxyl groups excluding tert-OH is 1. The molecule has 1 fully saturated rings. The van der Waals surface area contributed by atoms with E-state index >= 15 is 0 Å². The van der Waals surface area contributed by atoms with Crippen LogP contribution < -0.4 is 15.4 Å². The van der Waals surface area contributed by atoms with Gasteiger partial charge in [0.05, 0.1) is 6.54 Å². The molecule has 0 amide bonds. The van der Waals surface area contributed by atoms with Gasteiger partial charge in [0, 0.05) is 13.1 Å². The maximum Gasteiger partial charge on any atom is 0.191 e. The lowest BCUT2D eigenvalue weighted by Crippen LogP contribution is -2.39. The zero-order chi connectivity index (χ0) is 20.0. The second-order valence-corrected chi connectivity index (χ2v) is 7.17. The molecule has 0 bridgehead atoms. The Hall–Kier alpha value is -1.13. The molecule has 0 aromatic heterocycles. The lowest BCUT2D eigenvalue weighted by molar-refractivity contribution is 0.114. The van der Waals surface area contributed by atoms with Crippen LogP contribution in [-0.4, -0.2) is 67.9 Å². The van der Waals surface area contributed by atoms with E-state index in [2.05, 4.69) is 20.5 Å². The summed E-state index contributed by atoms with van der Waals surface area (Å²) in [4.78, 5) is 6.98. The number of rotatable bonds is 10. The highest BCUT2D eigenvalue weighted by molar-refractivity contribution is 14.0. The van der Waals surface area contributed by atoms with Crippen LogP contribution >= 0.6 is 24.0 Å². The zero-order valence-corrected chi connectivity index (χ0v) is 19.7. The summed E-state index contributed by atoms with van der Waals surface area (Å²) in [5.41, 5.74) is 0. The molecule has 1 aromatic rings. The number of aliphatic hydroxyl groups is 1. The van der Waals surface area contributed by atoms with Gasteiger partial charge in [0.1, 0.15) is 24.3 Å². The Morgan fingerprint density at radius 3 is 2.52 bits per heavy atom. The van der Waals surface area contributed by atoms with Crippen molar-refractivity contribution in [3.05, 3.63) is 30.1 Å². The van der Waals surface area contributed by atoms with Gasteiger partial charge in [0.15, 0.2) is 5.96 Å². The van der Waals surface area contributed by atoms with E-state index in [9.17, 15) is 9.50 Å². The number of nitrogens with zero attached hydrogens (tertiary/aromatic N) is 2. The van der Waals surface area contributed by atoms with Crippen LogP contribution in [0.3, 0.4) is 0 Å². The first-order chi connectivity index (χ1) is 13.7. The molecule has 0 spiro atoms. The van der Waals surface area contributed by atoms with Crippen molar-refractivity contribution in [2.24, 2.45) is 4.99 Å². The van der Waals surface area contributed by atoms with Crippen LogP contribution in [0.1, 0.15) is 39.0 Å². The highest BCUT2D eigenvalue weighted by Crippen LogP contribution is 2.11. The van der Waals surface area contributed by atoms with E-state index in [-0.39, 0.29) is 42.9 Å². The number of hydrogen-bond donors (Lipinski definition) is 3. The van der Waals surface area contributed by atoms with Gasteiger partial charge in [-0.15, -0.1) is 24.0 Å². The second kappa shape index (κ2) is 15.7. The fourth-order valence-electron chi connectivity index (χ4n) is 3.18. The Labute approximate surface area is 191 Å². The molecule has 8 heteroatoms. The molecule has 1 aromatic carbocycles. The quantitative estimate of drug-likeness (QED) is 0.191. The molecule has 1 heterocycles. The number of likely N-dealkylation sites (tertiary alicyclic amines) is 1. The number of aliphatic imine (C=N–C) groups is 1. The SMILES string of the molecule is CCNC(=NCC(O)COc1ccc(F)cc1)NCCCN1CCCCCC1.I. The van der Waals surface area contributed by atoms with Crippen molar-refractivity contribution in [3.63, 3.8) is 0 Å². The molecular formula is C21H36FIN4O2. The summed E-state index contributed by atoms with van der Waals surface area (Å²) < 4.78 is 18.3. The van der Waals surface area contributed by atoms with Crippen LogP contribution in [0.4, 0.5) is 4.39 Å². The number of hydrogen-bond acceptors (Lipinski definition) is 4. The number of nitrogens with one attached hydrogen (secondary N) is 2. The van der Waals surface area contributed by atoms with Crippen molar-refractivity contribution in [3.8, 4) is 5.75 Å². The molecule has 29 heavy (non-hydrogen) atoms. The van der Waals surface area contributed by atoms with E-state index in [0.29, 0.717) is 11.7 Å². The first kappa shape index (κ1) is 25.9. The van der Waals surface area contributed by atoms with E-state index in [1.807, 2.05) is 6.92 Å². The van der Waals surface area contributed by atoms with Crippen molar-refractivity contribution in [1.82, 2.24) is 15.5 Å². The molecule has 0 radical (unpaired) electrons. The van der Waals surface area contributed by atoms with Gasteiger partial charge in [-0.25, -0.2) is 4.39 Å². The highest BCUT2D eigenvalue weighted by Gasteiger charge is 2.09. The highest BCUT2D eigenvalue weighted by atomic mass is 127. The van der Waals surface area contributed by atoms with Gasteiger partial charge in [0.2, 0.25) is 0 Å². The molecule has 1 atom stereocenters. The molecule has 6 nitrogen and oxygen atoms in total. The smallest absolute Gasteiger partial charge is 0.191 e. The third-order valence-corrected chi connectivity index (χ3v) is 4.70. The fourth-order valence-corrected chi connectivity index (χ4v) is 3.18. The topological polar surface area (TPSA) is 69.1 Å². The van der Waals surface area contributed by atoms with E-state index < -0.39 is 6.10 Å². The molecule has 1 unspecified atom stereocenters. The third-order valence-electron chi connectivity index (χ3n) is 4.70. The molecule has 0 saturated carbocycles. The van der Waals surface area contributed by atoms with Crippen LogP contribution in [0.25, 0.3) is 0 Å². The summed E-state index contributed by atoms with van der Waals surface area (Å²) in [6, 6.07) is 5.75. The summed E-state index contributed by atoms with van der Waals surface area (Å²) in [7, 11) is 0. The minimum absolute atomic E-state index is 0. The lowest BCUT2D eigenvalue weighted by Gasteiger charge is -2.20. The van der Waals surface area contributed by atoms with E-state index in [1.165, 1.54) is 50.9 Å². The van der Waals surface area contributed by atoms with Crippen molar-refractivity contribution in [1.29, 1.82) is 0 Å². The predicted octanol–water partition coefficient (Wildman–Crippen LogP) is 3.00. The zero-order valence-electron chi connectivity index (χ0n) is 17.4. The Balaban J connectivity index is 0.00000420. The van der Waals surface area contributed by atoms with E-state index in [0.717, 1.165) is 26.1 Å². The van der Waals surface area contributed by atoms with Gasteiger partial charge >= 0.3 is 0 Å². The van der Waals surface area contributed by atoms with Crippen molar-refractivity contribution < 1.29 is 14.2 Å². The summed E-state index contributed by atoms with van der Waals surface area (Å²) in [6.45, 7) is 7.53. The van der Waals surface area contributed by atoms with Crippen LogP contribution in [0, 0.1) is 5.82 Å². The van der Waals surface area contributed by atoms with Gasteiger partial charge in [-0.2, -0.15) is 0 Å². The Morgan fingerprint density at radius 2 is 1.86 bits per heavy atom. The average Bonchev–Trinajstić information content (AvgIpc) is 2.97. The monoisotopic (exact) mass is 522 g/mol. The van der Waals surface area contributed by atoms with Crippen LogP contribution in [0.15, 0.2) is 29.3 Å². The minimum atomic E-state index is -0.724. The van der Waals surface area contributed by atoms with Crippen molar-refractivity contribution in [2.75, 3.05) is 45.9 Å². The number of guanidine groups is 1. The van der Waals surface area contributed by atoms with Crippen LogP contribution in [0.2, 0.25) is 0 Å². The third kappa shape index (κ3) is 11.6. The van der Waals surface area contributed by atoms with Crippen LogP contribution in [0.5, 0.6) is 5.75 Å². The Morgan fingerprint density at radius 1 is 1.17 bits per heavy atom. The predicted molar refractivity (Wildman–Crippen MR) is 127 cm³/mol. The van der Waals surface area contributed by atoms with E-state index in [4.69, 9.17) is 4.74 Å². The molecule has 3 N–H and O–H groups in total. The standard InChI is InChI=1S/C21H35FN4O2.HI/c1-2-23-21(24-12-7-15-26-13-5-3-4-6-14-26)25-16-19(27)17-28-20-10-8-18(22)9-11-20;/h8-11,19,27H,2-7,12-17H2,1H3,(H2,23,24,25);1H. The van der Waals surface area contributed by atoms with Gasteiger partial charge in [-0.3, -0.25) is 4.99 Å². The summed E-state index contributed by atoms with van der Waals surface area (Å²) in [6.07, 6.45) is 5.70. The average molecular weight is 522 g/mol. The fraction of sp³-hybridized carbons (Fsp3) is 0.667. The maximum atomic E-state index is 12.9. The van der Waals surface area contributed by atoms with E-state index in [1.54, 1.807) is 12.1 Å². The molecular weight excluding hydrogens is 486 g/mol. The second-order valence-electron chi connectivity index (χ2n) is 7.17. The number of benzene rings is 1. The number of ether oxygens (including phenoxy) is 1. The molecule has 1 aliphatic rings. The molecule has 2 rings (SSSR count). The molecule has 1 aliphatic heterocycles.